The van der Waals surface area contributed by atoms with Crippen LogP contribution in [-0.4, -0.2) is 66.9 Å². The fraction of sp³-hybridized carbons (Fsp3) is 0.579. The summed E-state index contributed by atoms with van der Waals surface area (Å²) >= 11 is 0. The number of nitrogens with one attached hydrogen (secondary N) is 2. The van der Waals surface area contributed by atoms with Crippen molar-refractivity contribution in [2.45, 2.75) is 32.7 Å². The van der Waals surface area contributed by atoms with Gasteiger partial charge in [-0.05, 0) is 31.5 Å². The van der Waals surface area contributed by atoms with Crippen molar-refractivity contribution in [1.82, 2.24) is 15.1 Å². The highest BCUT2D eigenvalue weighted by atomic mass is 19.1. The van der Waals surface area contributed by atoms with Crippen molar-refractivity contribution in [2.24, 2.45) is 0 Å². The quantitative estimate of drug-likeness (QED) is 0.737. The van der Waals surface area contributed by atoms with Gasteiger partial charge in [0, 0.05) is 37.9 Å². The molecule has 1 aliphatic rings. The summed E-state index contributed by atoms with van der Waals surface area (Å²) in [4.78, 5) is 28.3. The lowest BCUT2D eigenvalue weighted by Gasteiger charge is -2.34. The molecule has 0 aliphatic carbocycles. The normalized spacial score (nSPS) is 16.9. The molecule has 6 nitrogen and oxygen atoms in total. The number of piperazine rings is 1. The van der Waals surface area contributed by atoms with Crippen molar-refractivity contribution in [3.05, 3.63) is 30.1 Å². The average molecular weight is 364 g/mol. The Hall–Kier alpha value is -1.99. The van der Waals surface area contributed by atoms with Gasteiger partial charge < -0.3 is 10.6 Å². The molecule has 1 saturated heterocycles. The van der Waals surface area contributed by atoms with Crippen LogP contribution in [0, 0.1) is 5.82 Å². The van der Waals surface area contributed by atoms with E-state index in [9.17, 15) is 14.0 Å². The summed E-state index contributed by atoms with van der Waals surface area (Å²) in [6, 6.07) is 6.08. The van der Waals surface area contributed by atoms with Crippen molar-refractivity contribution in [3.63, 3.8) is 0 Å². The Morgan fingerprint density at radius 3 is 2.31 bits per heavy atom. The van der Waals surface area contributed by atoms with Crippen molar-refractivity contribution < 1.29 is 14.0 Å². The third-order valence-corrected chi connectivity index (χ3v) is 4.44. The molecule has 1 heterocycles. The number of carbonyl (C=O) groups excluding carboxylic acids is 2. The zero-order chi connectivity index (χ0) is 18.9. The fourth-order valence-corrected chi connectivity index (χ4v) is 3.10. The molecule has 144 valence electrons. The van der Waals surface area contributed by atoms with Crippen LogP contribution in [0.5, 0.6) is 0 Å². The van der Waals surface area contributed by atoms with E-state index in [4.69, 9.17) is 0 Å². The van der Waals surface area contributed by atoms with Crippen molar-refractivity contribution in [3.8, 4) is 0 Å². The first-order chi connectivity index (χ1) is 12.5. The second-order valence-electron chi connectivity index (χ2n) is 6.87. The van der Waals surface area contributed by atoms with Gasteiger partial charge in [0.15, 0.2) is 0 Å². The Bertz CT molecular complexity index is 603. The molecule has 1 aliphatic heterocycles. The molecule has 2 N–H and O–H groups in total. The van der Waals surface area contributed by atoms with E-state index in [2.05, 4.69) is 22.5 Å². The molecule has 0 spiro atoms. The van der Waals surface area contributed by atoms with E-state index in [0.29, 0.717) is 12.2 Å². The van der Waals surface area contributed by atoms with Gasteiger partial charge in [0.05, 0.1) is 13.1 Å². The number of anilines is 1. The summed E-state index contributed by atoms with van der Waals surface area (Å²) < 4.78 is 13.1. The van der Waals surface area contributed by atoms with Crippen LogP contribution in [0.2, 0.25) is 0 Å². The van der Waals surface area contributed by atoms with Crippen molar-refractivity contribution >= 4 is 17.5 Å². The lowest BCUT2D eigenvalue weighted by Crippen LogP contribution is -2.51. The first kappa shape index (κ1) is 20.3. The van der Waals surface area contributed by atoms with Gasteiger partial charge in [0.1, 0.15) is 5.82 Å². The number of hydrogen-bond acceptors (Lipinski definition) is 4. The van der Waals surface area contributed by atoms with Crippen molar-refractivity contribution in [1.29, 1.82) is 0 Å². The van der Waals surface area contributed by atoms with Crippen LogP contribution in [0.15, 0.2) is 24.3 Å². The fourth-order valence-electron chi connectivity index (χ4n) is 3.10. The molecular formula is C19H29FN4O2. The third-order valence-electron chi connectivity index (χ3n) is 4.44. The van der Waals surface area contributed by atoms with E-state index >= 15 is 0 Å². The lowest BCUT2D eigenvalue weighted by molar-refractivity contribution is -0.124. The first-order valence-electron chi connectivity index (χ1n) is 9.25. The van der Waals surface area contributed by atoms with E-state index in [1.165, 1.54) is 12.1 Å². The largest absolute Gasteiger partial charge is 0.353 e. The zero-order valence-electron chi connectivity index (χ0n) is 15.6. The minimum absolute atomic E-state index is 0.0586. The molecule has 0 radical (unpaired) electrons. The van der Waals surface area contributed by atoms with E-state index in [0.717, 1.165) is 39.0 Å². The van der Waals surface area contributed by atoms with Crippen LogP contribution < -0.4 is 10.6 Å². The van der Waals surface area contributed by atoms with Crippen LogP contribution in [0.3, 0.4) is 0 Å². The van der Waals surface area contributed by atoms with Gasteiger partial charge in [-0.3, -0.25) is 19.4 Å². The number of carbonyl (C=O) groups is 2. The summed E-state index contributed by atoms with van der Waals surface area (Å²) in [6.07, 6.45) is 2.04. The van der Waals surface area contributed by atoms with Gasteiger partial charge in [-0.1, -0.05) is 19.4 Å². The standard InChI is InChI=1S/C19H29FN4O2/c1-3-5-15(2)21-18(25)13-23-8-10-24(11-9-23)14-19(26)22-17-7-4-6-16(20)12-17/h4,6-7,12,15H,3,5,8-11,13-14H2,1-2H3,(H,21,25)(H,22,26)/t15-/m1/s1. The molecule has 2 amide bonds. The summed E-state index contributed by atoms with van der Waals surface area (Å²) in [5.74, 6) is -0.471. The lowest BCUT2D eigenvalue weighted by atomic mass is 10.2. The maximum absolute atomic E-state index is 13.1. The SMILES string of the molecule is CCC[C@@H](C)NC(=O)CN1CCN(CC(=O)Nc2cccc(F)c2)CC1. The summed E-state index contributed by atoms with van der Waals surface area (Å²) in [5.41, 5.74) is 0.464. The Morgan fingerprint density at radius 2 is 1.73 bits per heavy atom. The summed E-state index contributed by atoms with van der Waals surface area (Å²) in [7, 11) is 0. The van der Waals surface area contributed by atoms with Gasteiger partial charge in [0.2, 0.25) is 11.8 Å². The van der Waals surface area contributed by atoms with Crippen molar-refractivity contribution in [2.75, 3.05) is 44.6 Å². The molecule has 0 saturated carbocycles. The molecule has 0 unspecified atom stereocenters. The predicted octanol–water partition coefficient (Wildman–Crippen LogP) is 1.69. The number of rotatable bonds is 8. The Kier molecular flexibility index (Phi) is 8.00. The van der Waals surface area contributed by atoms with E-state index < -0.39 is 0 Å². The van der Waals surface area contributed by atoms with E-state index in [1.807, 2.05) is 11.8 Å². The van der Waals surface area contributed by atoms with Crippen LogP contribution in [-0.2, 0) is 9.59 Å². The Labute approximate surface area is 154 Å². The predicted molar refractivity (Wildman–Crippen MR) is 100 cm³/mol. The molecule has 1 atom stereocenters. The maximum Gasteiger partial charge on any atom is 0.238 e. The highest BCUT2D eigenvalue weighted by Crippen LogP contribution is 2.09. The summed E-state index contributed by atoms with van der Waals surface area (Å²) in [6.45, 7) is 7.76. The second kappa shape index (κ2) is 10.2. The zero-order valence-corrected chi connectivity index (χ0v) is 15.6. The molecule has 7 heteroatoms. The highest BCUT2D eigenvalue weighted by molar-refractivity contribution is 5.92. The molecular weight excluding hydrogens is 335 g/mol. The van der Waals surface area contributed by atoms with E-state index in [1.54, 1.807) is 12.1 Å². The van der Waals surface area contributed by atoms with Gasteiger partial charge in [-0.2, -0.15) is 0 Å². The molecule has 26 heavy (non-hydrogen) atoms. The van der Waals surface area contributed by atoms with Gasteiger partial charge in [-0.25, -0.2) is 4.39 Å². The molecule has 0 aromatic heterocycles. The number of hydrogen-bond donors (Lipinski definition) is 2. The minimum atomic E-state index is -0.372. The topological polar surface area (TPSA) is 64.7 Å². The van der Waals surface area contributed by atoms with Crippen LogP contribution in [0.4, 0.5) is 10.1 Å². The smallest absolute Gasteiger partial charge is 0.238 e. The highest BCUT2D eigenvalue weighted by Gasteiger charge is 2.21. The third kappa shape index (κ3) is 7.09. The van der Waals surface area contributed by atoms with Gasteiger partial charge in [0.25, 0.3) is 0 Å². The average Bonchev–Trinajstić information content (AvgIpc) is 2.56. The van der Waals surface area contributed by atoms with Crippen LogP contribution in [0.1, 0.15) is 26.7 Å². The molecule has 0 bridgehead atoms. The van der Waals surface area contributed by atoms with Crippen LogP contribution >= 0.6 is 0 Å². The minimum Gasteiger partial charge on any atom is -0.353 e. The monoisotopic (exact) mass is 364 g/mol. The maximum atomic E-state index is 13.1. The number of halogens is 1. The van der Waals surface area contributed by atoms with Gasteiger partial charge in [-0.15, -0.1) is 0 Å². The molecule has 1 aromatic carbocycles. The molecule has 1 aromatic rings. The Morgan fingerprint density at radius 1 is 1.12 bits per heavy atom. The van der Waals surface area contributed by atoms with Crippen LogP contribution in [0.25, 0.3) is 0 Å². The number of amides is 2. The number of nitrogens with zero attached hydrogens (tertiary/aromatic N) is 2. The Balaban J connectivity index is 1.68. The molecule has 2 rings (SSSR count). The molecule has 1 fully saturated rings. The van der Waals surface area contributed by atoms with Gasteiger partial charge >= 0.3 is 0 Å². The first-order valence-corrected chi connectivity index (χ1v) is 9.25. The second-order valence-corrected chi connectivity index (χ2v) is 6.87. The number of benzene rings is 1. The summed E-state index contributed by atoms with van der Waals surface area (Å²) in [5, 5.41) is 5.72. The van der Waals surface area contributed by atoms with E-state index in [-0.39, 0.29) is 30.2 Å².